The summed E-state index contributed by atoms with van der Waals surface area (Å²) in [7, 11) is 0. The van der Waals surface area contributed by atoms with Crippen molar-refractivity contribution >= 4 is 0 Å². The normalized spacial score (nSPS) is 18.2. The van der Waals surface area contributed by atoms with Gasteiger partial charge in [0.25, 0.3) is 0 Å². The van der Waals surface area contributed by atoms with E-state index < -0.39 is 0 Å². The van der Waals surface area contributed by atoms with Gasteiger partial charge in [0.1, 0.15) is 0 Å². The molecule has 0 saturated heterocycles. The molecule has 1 aromatic rings. The molecule has 1 aliphatic rings. The van der Waals surface area contributed by atoms with Crippen molar-refractivity contribution in [1.29, 1.82) is 0 Å². The molecule has 1 heterocycles. The van der Waals surface area contributed by atoms with Crippen molar-refractivity contribution in [2.75, 3.05) is 6.54 Å². The molecule has 14 heavy (non-hydrogen) atoms. The van der Waals surface area contributed by atoms with Crippen molar-refractivity contribution in [2.24, 2.45) is 0 Å². The van der Waals surface area contributed by atoms with E-state index in [1.165, 1.54) is 30.4 Å². The fraction of sp³-hybridized carbons (Fsp3) is 0.500. The van der Waals surface area contributed by atoms with Crippen LogP contribution in [0.25, 0.3) is 0 Å². The SMILES string of the molecule is CCNC(C1=CCCC1)c1ccoc1. The lowest BCUT2D eigenvalue weighted by Crippen LogP contribution is -2.21. The van der Waals surface area contributed by atoms with E-state index in [2.05, 4.69) is 18.3 Å². The number of nitrogens with one attached hydrogen (secondary N) is 1. The van der Waals surface area contributed by atoms with Gasteiger partial charge in [-0.05, 0) is 31.9 Å². The highest BCUT2D eigenvalue weighted by Crippen LogP contribution is 2.30. The zero-order chi connectivity index (χ0) is 9.80. The Labute approximate surface area is 85.0 Å². The predicted octanol–water partition coefficient (Wildman–Crippen LogP) is 3.04. The molecule has 1 atom stereocenters. The Morgan fingerprint density at radius 2 is 2.50 bits per heavy atom. The van der Waals surface area contributed by atoms with E-state index in [1.807, 2.05) is 12.3 Å². The fourth-order valence-electron chi connectivity index (χ4n) is 2.06. The van der Waals surface area contributed by atoms with E-state index in [0.717, 1.165) is 6.54 Å². The van der Waals surface area contributed by atoms with Gasteiger partial charge in [-0.15, -0.1) is 0 Å². The molecule has 0 amide bonds. The molecule has 0 aliphatic heterocycles. The second-order valence-electron chi connectivity index (χ2n) is 3.72. The minimum Gasteiger partial charge on any atom is -0.472 e. The van der Waals surface area contributed by atoms with Gasteiger partial charge in [0.15, 0.2) is 0 Å². The molecule has 76 valence electrons. The summed E-state index contributed by atoms with van der Waals surface area (Å²) in [5.74, 6) is 0. The van der Waals surface area contributed by atoms with E-state index in [1.54, 1.807) is 6.26 Å². The van der Waals surface area contributed by atoms with Gasteiger partial charge in [-0.2, -0.15) is 0 Å². The van der Waals surface area contributed by atoms with Crippen LogP contribution >= 0.6 is 0 Å². The summed E-state index contributed by atoms with van der Waals surface area (Å²) in [6, 6.07) is 2.42. The minimum absolute atomic E-state index is 0.376. The van der Waals surface area contributed by atoms with Crippen LogP contribution in [0.1, 0.15) is 37.8 Å². The molecule has 0 radical (unpaired) electrons. The first-order valence-electron chi connectivity index (χ1n) is 5.36. The van der Waals surface area contributed by atoms with Gasteiger partial charge in [0, 0.05) is 5.56 Å². The molecular formula is C12H17NO. The molecule has 1 aliphatic carbocycles. The number of rotatable bonds is 4. The average Bonchev–Trinajstić information content (AvgIpc) is 2.87. The lowest BCUT2D eigenvalue weighted by Gasteiger charge is -2.17. The maximum absolute atomic E-state index is 5.13. The van der Waals surface area contributed by atoms with Gasteiger partial charge in [-0.3, -0.25) is 0 Å². The predicted molar refractivity (Wildman–Crippen MR) is 57.1 cm³/mol. The summed E-state index contributed by atoms with van der Waals surface area (Å²) in [6.45, 7) is 3.13. The van der Waals surface area contributed by atoms with Gasteiger partial charge in [0.2, 0.25) is 0 Å². The highest BCUT2D eigenvalue weighted by molar-refractivity contribution is 5.26. The largest absolute Gasteiger partial charge is 0.472 e. The molecule has 2 rings (SSSR count). The maximum atomic E-state index is 5.13. The number of hydrogen-bond donors (Lipinski definition) is 1. The topological polar surface area (TPSA) is 25.2 Å². The molecule has 1 unspecified atom stereocenters. The van der Waals surface area contributed by atoms with Crippen LogP contribution in [0.15, 0.2) is 34.7 Å². The van der Waals surface area contributed by atoms with Gasteiger partial charge in [-0.25, -0.2) is 0 Å². The monoisotopic (exact) mass is 191 g/mol. The number of likely N-dealkylation sites (N-methyl/N-ethyl adjacent to an activating group) is 1. The number of furan rings is 1. The molecule has 0 aromatic carbocycles. The molecule has 0 fully saturated rings. The molecule has 2 nitrogen and oxygen atoms in total. The highest BCUT2D eigenvalue weighted by Gasteiger charge is 2.18. The third kappa shape index (κ3) is 1.90. The standard InChI is InChI=1S/C12H17NO/c1-2-13-12(10-5-3-4-6-10)11-7-8-14-9-11/h5,7-9,12-13H,2-4,6H2,1H3. The zero-order valence-corrected chi connectivity index (χ0v) is 8.62. The summed E-state index contributed by atoms with van der Waals surface area (Å²) in [6.07, 6.45) is 9.70. The van der Waals surface area contributed by atoms with E-state index in [9.17, 15) is 0 Å². The molecule has 0 bridgehead atoms. The van der Waals surface area contributed by atoms with Crippen molar-refractivity contribution in [1.82, 2.24) is 5.32 Å². The lowest BCUT2D eigenvalue weighted by molar-refractivity contribution is 0.548. The summed E-state index contributed by atoms with van der Waals surface area (Å²) in [5, 5.41) is 3.50. The van der Waals surface area contributed by atoms with Crippen molar-refractivity contribution in [2.45, 2.75) is 32.2 Å². The second kappa shape index (κ2) is 4.47. The molecule has 0 saturated carbocycles. The van der Waals surface area contributed by atoms with Crippen LogP contribution < -0.4 is 5.32 Å². The number of allylic oxidation sites excluding steroid dienone is 1. The first-order chi connectivity index (χ1) is 6.92. The Hall–Kier alpha value is -1.02. The molecule has 1 aromatic heterocycles. The van der Waals surface area contributed by atoms with E-state index in [0.29, 0.717) is 6.04 Å². The van der Waals surface area contributed by atoms with Gasteiger partial charge >= 0.3 is 0 Å². The summed E-state index contributed by atoms with van der Waals surface area (Å²) in [5.41, 5.74) is 2.77. The first kappa shape index (κ1) is 9.53. The van der Waals surface area contributed by atoms with Crippen molar-refractivity contribution in [3.8, 4) is 0 Å². The van der Waals surface area contributed by atoms with Crippen LogP contribution in [0, 0.1) is 0 Å². The van der Waals surface area contributed by atoms with Crippen LogP contribution in [-0.4, -0.2) is 6.54 Å². The van der Waals surface area contributed by atoms with Crippen LogP contribution in [0.3, 0.4) is 0 Å². The third-order valence-electron chi connectivity index (χ3n) is 2.73. The number of hydrogen-bond acceptors (Lipinski definition) is 2. The highest BCUT2D eigenvalue weighted by atomic mass is 16.3. The molecule has 1 N–H and O–H groups in total. The Morgan fingerprint density at radius 3 is 3.07 bits per heavy atom. The van der Waals surface area contributed by atoms with Crippen LogP contribution in [0.2, 0.25) is 0 Å². The van der Waals surface area contributed by atoms with Crippen LogP contribution in [-0.2, 0) is 0 Å². The van der Waals surface area contributed by atoms with Crippen LogP contribution in [0.5, 0.6) is 0 Å². The van der Waals surface area contributed by atoms with E-state index in [-0.39, 0.29) is 0 Å². The summed E-state index contributed by atoms with van der Waals surface area (Å²) in [4.78, 5) is 0. The van der Waals surface area contributed by atoms with Gasteiger partial charge in [-0.1, -0.05) is 18.6 Å². The van der Waals surface area contributed by atoms with E-state index >= 15 is 0 Å². The van der Waals surface area contributed by atoms with Crippen LogP contribution in [0.4, 0.5) is 0 Å². The Morgan fingerprint density at radius 1 is 1.57 bits per heavy atom. The lowest BCUT2D eigenvalue weighted by atomic mass is 10.0. The Balaban J connectivity index is 2.15. The van der Waals surface area contributed by atoms with Crippen molar-refractivity contribution < 1.29 is 4.42 Å². The van der Waals surface area contributed by atoms with Crippen molar-refractivity contribution in [3.05, 3.63) is 35.8 Å². The van der Waals surface area contributed by atoms with Gasteiger partial charge < -0.3 is 9.73 Å². The minimum atomic E-state index is 0.376. The quantitative estimate of drug-likeness (QED) is 0.740. The van der Waals surface area contributed by atoms with Gasteiger partial charge in [0.05, 0.1) is 18.6 Å². The van der Waals surface area contributed by atoms with E-state index in [4.69, 9.17) is 4.42 Å². The second-order valence-corrected chi connectivity index (χ2v) is 3.72. The molecule has 2 heteroatoms. The maximum Gasteiger partial charge on any atom is 0.0953 e. The third-order valence-corrected chi connectivity index (χ3v) is 2.73. The average molecular weight is 191 g/mol. The zero-order valence-electron chi connectivity index (χ0n) is 8.62. The molecular weight excluding hydrogens is 174 g/mol. The first-order valence-corrected chi connectivity index (χ1v) is 5.36. The molecule has 0 spiro atoms. The Kier molecular flexibility index (Phi) is 3.04. The summed E-state index contributed by atoms with van der Waals surface area (Å²) >= 11 is 0. The fourth-order valence-corrected chi connectivity index (χ4v) is 2.06. The van der Waals surface area contributed by atoms with Crippen molar-refractivity contribution in [3.63, 3.8) is 0 Å². The summed E-state index contributed by atoms with van der Waals surface area (Å²) < 4.78 is 5.13. The smallest absolute Gasteiger partial charge is 0.0953 e. The Bertz CT molecular complexity index is 300.